The molecule has 1 amide bonds. The number of thioether (sulfide) groups is 1. The van der Waals surface area contributed by atoms with Crippen molar-refractivity contribution in [3.05, 3.63) is 75.4 Å². The fourth-order valence-corrected chi connectivity index (χ4v) is 4.59. The molecule has 0 spiro atoms. The molecule has 0 aliphatic rings. The highest BCUT2D eigenvalue weighted by Crippen LogP contribution is 2.29. The fraction of sp³-hybridized carbons (Fsp3) is 0.130. The summed E-state index contributed by atoms with van der Waals surface area (Å²) in [6.45, 7) is 2.02. The van der Waals surface area contributed by atoms with E-state index in [9.17, 15) is 4.79 Å². The number of methoxy groups -OCH3 is 1. The van der Waals surface area contributed by atoms with Crippen LogP contribution >= 0.6 is 34.7 Å². The van der Waals surface area contributed by atoms with Crippen LogP contribution in [0.4, 0.5) is 0 Å². The van der Waals surface area contributed by atoms with Crippen LogP contribution in [-0.4, -0.2) is 39.7 Å². The molecule has 7 nitrogen and oxygen atoms in total. The van der Waals surface area contributed by atoms with Crippen molar-refractivity contribution in [2.24, 2.45) is 5.10 Å². The molecule has 2 aromatic carbocycles. The molecule has 2 aromatic heterocycles. The first-order chi connectivity index (χ1) is 16.0. The Balaban J connectivity index is 1.53. The molecule has 10 heteroatoms. The van der Waals surface area contributed by atoms with E-state index in [2.05, 4.69) is 20.7 Å². The SMILES string of the molecule is COc1ccc(-c2nnc(SCC(=O)N/N=C\c3ccc(C)s3)n2-c2ccc(Cl)cc2)cc1. The number of hydrazone groups is 1. The zero-order valence-electron chi connectivity index (χ0n) is 17.9. The molecule has 0 saturated heterocycles. The van der Waals surface area contributed by atoms with Gasteiger partial charge in [-0.25, -0.2) is 5.43 Å². The molecule has 0 unspecified atom stereocenters. The quantitative estimate of drug-likeness (QED) is 0.205. The maximum atomic E-state index is 12.3. The molecule has 168 valence electrons. The lowest BCUT2D eigenvalue weighted by molar-refractivity contribution is -0.118. The van der Waals surface area contributed by atoms with Crippen LogP contribution in [0.1, 0.15) is 9.75 Å². The molecule has 2 heterocycles. The van der Waals surface area contributed by atoms with Crippen LogP contribution in [0.25, 0.3) is 17.1 Å². The second-order valence-electron chi connectivity index (χ2n) is 6.88. The second kappa shape index (κ2) is 10.7. The Kier molecular flexibility index (Phi) is 7.43. The predicted molar refractivity (Wildman–Crippen MR) is 134 cm³/mol. The molecule has 33 heavy (non-hydrogen) atoms. The van der Waals surface area contributed by atoms with E-state index in [-0.39, 0.29) is 11.7 Å². The van der Waals surface area contributed by atoms with Crippen molar-refractivity contribution in [1.82, 2.24) is 20.2 Å². The Morgan fingerprint density at radius 3 is 2.58 bits per heavy atom. The minimum Gasteiger partial charge on any atom is -0.497 e. The van der Waals surface area contributed by atoms with Crippen molar-refractivity contribution in [1.29, 1.82) is 0 Å². The summed E-state index contributed by atoms with van der Waals surface area (Å²) in [6, 6.07) is 18.9. The minimum atomic E-state index is -0.235. The molecular formula is C23H20ClN5O2S2. The fourth-order valence-electron chi connectivity index (χ4n) is 2.97. The molecule has 0 bridgehead atoms. The van der Waals surface area contributed by atoms with Gasteiger partial charge in [-0.05, 0) is 67.6 Å². The summed E-state index contributed by atoms with van der Waals surface area (Å²) >= 11 is 8.96. The van der Waals surface area contributed by atoms with Crippen molar-refractivity contribution < 1.29 is 9.53 Å². The van der Waals surface area contributed by atoms with Crippen LogP contribution in [0, 0.1) is 6.92 Å². The van der Waals surface area contributed by atoms with Gasteiger partial charge in [-0.1, -0.05) is 23.4 Å². The van der Waals surface area contributed by atoms with E-state index in [0.717, 1.165) is 21.9 Å². The summed E-state index contributed by atoms with van der Waals surface area (Å²) in [5.41, 5.74) is 4.26. The lowest BCUT2D eigenvalue weighted by Crippen LogP contribution is -2.19. The number of carbonyl (C=O) groups excluding carboxylic acids is 1. The molecule has 0 saturated carbocycles. The van der Waals surface area contributed by atoms with Gasteiger partial charge in [-0.2, -0.15) is 5.10 Å². The van der Waals surface area contributed by atoms with Gasteiger partial charge >= 0.3 is 0 Å². The summed E-state index contributed by atoms with van der Waals surface area (Å²) < 4.78 is 7.14. The number of amides is 1. The van der Waals surface area contributed by atoms with E-state index in [1.807, 2.05) is 60.0 Å². The van der Waals surface area contributed by atoms with E-state index in [1.165, 1.54) is 16.6 Å². The second-order valence-corrected chi connectivity index (χ2v) is 9.58. The molecule has 0 aliphatic carbocycles. The lowest BCUT2D eigenvalue weighted by Gasteiger charge is -2.11. The molecule has 0 atom stereocenters. The van der Waals surface area contributed by atoms with Gasteiger partial charge in [0.1, 0.15) is 5.75 Å². The van der Waals surface area contributed by atoms with Gasteiger partial charge in [0, 0.05) is 26.0 Å². The molecule has 4 aromatic rings. The first-order valence-corrected chi connectivity index (χ1v) is 12.1. The van der Waals surface area contributed by atoms with E-state index in [4.69, 9.17) is 16.3 Å². The maximum absolute atomic E-state index is 12.3. The average Bonchev–Trinajstić information content (AvgIpc) is 3.44. The van der Waals surface area contributed by atoms with Crippen molar-refractivity contribution in [3.8, 4) is 22.8 Å². The number of rotatable bonds is 8. The first-order valence-electron chi connectivity index (χ1n) is 9.90. The molecular weight excluding hydrogens is 478 g/mol. The largest absolute Gasteiger partial charge is 0.497 e. The van der Waals surface area contributed by atoms with Gasteiger partial charge in [0.25, 0.3) is 5.91 Å². The van der Waals surface area contributed by atoms with Crippen LogP contribution in [0.15, 0.2) is 70.9 Å². The van der Waals surface area contributed by atoms with E-state index in [1.54, 1.807) is 36.8 Å². The summed E-state index contributed by atoms with van der Waals surface area (Å²) in [6.07, 6.45) is 1.64. The number of benzene rings is 2. The Morgan fingerprint density at radius 2 is 1.91 bits per heavy atom. The van der Waals surface area contributed by atoms with Crippen LogP contribution in [0.2, 0.25) is 5.02 Å². The Bertz CT molecular complexity index is 1270. The number of carbonyl (C=O) groups is 1. The number of nitrogens with zero attached hydrogens (tertiary/aromatic N) is 4. The smallest absolute Gasteiger partial charge is 0.250 e. The highest BCUT2D eigenvalue weighted by molar-refractivity contribution is 7.99. The number of aromatic nitrogens is 3. The number of hydrogen-bond acceptors (Lipinski definition) is 7. The van der Waals surface area contributed by atoms with Crippen molar-refractivity contribution in [2.75, 3.05) is 12.9 Å². The van der Waals surface area contributed by atoms with E-state index >= 15 is 0 Å². The van der Waals surface area contributed by atoms with Gasteiger partial charge in [0.15, 0.2) is 11.0 Å². The molecule has 0 fully saturated rings. The summed E-state index contributed by atoms with van der Waals surface area (Å²) in [4.78, 5) is 14.5. The summed E-state index contributed by atoms with van der Waals surface area (Å²) in [7, 11) is 1.62. The number of halogens is 1. The van der Waals surface area contributed by atoms with E-state index in [0.29, 0.717) is 16.0 Å². The maximum Gasteiger partial charge on any atom is 0.250 e. The van der Waals surface area contributed by atoms with Gasteiger partial charge in [0.05, 0.1) is 19.1 Å². The highest BCUT2D eigenvalue weighted by Gasteiger charge is 2.17. The van der Waals surface area contributed by atoms with Crippen LogP contribution < -0.4 is 10.2 Å². The predicted octanol–water partition coefficient (Wildman–Crippen LogP) is 5.21. The monoisotopic (exact) mass is 497 g/mol. The van der Waals surface area contributed by atoms with Crippen molar-refractivity contribution >= 4 is 46.8 Å². The topological polar surface area (TPSA) is 81.4 Å². The minimum absolute atomic E-state index is 0.134. The Labute approximate surface area is 204 Å². The van der Waals surface area contributed by atoms with Gasteiger partial charge in [-0.15, -0.1) is 21.5 Å². The number of hydrogen-bond donors (Lipinski definition) is 1. The molecule has 1 N–H and O–H groups in total. The molecule has 0 aliphatic heterocycles. The van der Waals surface area contributed by atoms with Crippen LogP contribution in [0.3, 0.4) is 0 Å². The third-order valence-corrected chi connectivity index (χ3v) is 6.66. The third-order valence-electron chi connectivity index (χ3n) is 4.54. The molecule has 4 rings (SSSR count). The van der Waals surface area contributed by atoms with Crippen molar-refractivity contribution in [2.45, 2.75) is 12.1 Å². The number of aryl methyl sites for hydroxylation is 1. The highest BCUT2D eigenvalue weighted by atomic mass is 35.5. The van der Waals surface area contributed by atoms with Crippen LogP contribution in [0.5, 0.6) is 5.75 Å². The van der Waals surface area contributed by atoms with Gasteiger partial charge in [-0.3, -0.25) is 9.36 Å². The third kappa shape index (κ3) is 5.81. The van der Waals surface area contributed by atoms with Crippen molar-refractivity contribution in [3.63, 3.8) is 0 Å². The first kappa shape index (κ1) is 23.0. The van der Waals surface area contributed by atoms with Crippen LogP contribution in [-0.2, 0) is 4.79 Å². The number of nitrogens with one attached hydrogen (secondary N) is 1. The normalized spacial score (nSPS) is 11.1. The summed E-state index contributed by atoms with van der Waals surface area (Å²) in [5, 5.41) is 14.0. The van der Waals surface area contributed by atoms with Gasteiger partial charge < -0.3 is 4.74 Å². The van der Waals surface area contributed by atoms with E-state index < -0.39 is 0 Å². The summed E-state index contributed by atoms with van der Waals surface area (Å²) in [5.74, 6) is 1.30. The number of ether oxygens (including phenoxy) is 1. The standard InChI is InChI=1S/C23H20ClN5O2S2/c1-15-3-12-20(33-15)13-25-26-21(30)14-32-23-28-27-22(16-4-10-19(31-2)11-5-16)29(23)18-8-6-17(24)7-9-18/h3-13H,14H2,1-2H3,(H,26,30)/b25-13-. The Morgan fingerprint density at radius 1 is 1.15 bits per heavy atom. The van der Waals surface area contributed by atoms with Gasteiger partial charge in [0.2, 0.25) is 0 Å². The molecule has 0 radical (unpaired) electrons. The zero-order chi connectivity index (χ0) is 23.2. The average molecular weight is 498 g/mol. The lowest BCUT2D eigenvalue weighted by atomic mass is 10.2. The zero-order valence-corrected chi connectivity index (χ0v) is 20.2. The number of thiophene rings is 1. The Hall–Kier alpha value is -3.14.